The molecule has 0 aromatic heterocycles. The molecule has 0 N–H and O–H groups in total. The SMILES string of the molecule is C=C(C)SC1C(C)CC23CC1CC2CC3C.CC. The van der Waals surface area contributed by atoms with Gasteiger partial charge in [0.1, 0.15) is 0 Å². The largest absolute Gasteiger partial charge is 0.128 e. The summed E-state index contributed by atoms with van der Waals surface area (Å²) in [6.07, 6.45) is 6.09. The molecule has 1 spiro atoms. The summed E-state index contributed by atoms with van der Waals surface area (Å²) in [5.41, 5.74) is 0.788. The van der Waals surface area contributed by atoms with E-state index < -0.39 is 0 Å². The van der Waals surface area contributed by atoms with Crippen LogP contribution in [0.25, 0.3) is 0 Å². The monoisotopic (exact) mass is 266 g/mol. The van der Waals surface area contributed by atoms with Crippen LogP contribution in [-0.2, 0) is 0 Å². The third kappa shape index (κ3) is 2.07. The molecule has 0 heterocycles. The van der Waals surface area contributed by atoms with Gasteiger partial charge in [-0.15, -0.1) is 11.8 Å². The maximum Gasteiger partial charge on any atom is 0.0145 e. The van der Waals surface area contributed by atoms with Crippen molar-refractivity contribution >= 4 is 11.8 Å². The van der Waals surface area contributed by atoms with E-state index in [2.05, 4.69) is 39.1 Å². The van der Waals surface area contributed by atoms with Gasteiger partial charge < -0.3 is 0 Å². The Bertz CT molecular complexity index is 322. The van der Waals surface area contributed by atoms with E-state index in [1.165, 1.54) is 30.6 Å². The average Bonchev–Trinajstić information content (AvgIpc) is 2.58. The van der Waals surface area contributed by atoms with Gasteiger partial charge in [-0.2, -0.15) is 0 Å². The van der Waals surface area contributed by atoms with Crippen molar-refractivity contribution in [2.75, 3.05) is 0 Å². The summed E-state index contributed by atoms with van der Waals surface area (Å²) < 4.78 is 0. The highest BCUT2D eigenvalue weighted by molar-refractivity contribution is 8.03. The summed E-state index contributed by atoms with van der Waals surface area (Å²) >= 11 is 2.08. The van der Waals surface area contributed by atoms with E-state index in [0.717, 1.165) is 34.3 Å². The second kappa shape index (κ2) is 5.23. The smallest absolute Gasteiger partial charge is 0.0145 e. The van der Waals surface area contributed by atoms with E-state index in [1.807, 2.05) is 13.8 Å². The summed E-state index contributed by atoms with van der Waals surface area (Å²) in [7, 11) is 0. The van der Waals surface area contributed by atoms with Crippen LogP contribution in [0.2, 0.25) is 0 Å². The number of hydrogen-bond donors (Lipinski definition) is 0. The van der Waals surface area contributed by atoms with Crippen LogP contribution >= 0.6 is 11.8 Å². The lowest BCUT2D eigenvalue weighted by molar-refractivity contribution is -0.0433. The molecule has 3 fully saturated rings. The van der Waals surface area contributed by atoms with Gasteiger partial charge >= 0.3 is 0 Å². The predicted molar refractivity (Wildman–Crippen MR) is 83.8 cm³/mol. The Morgan fingerprint density at radius 1 is 1.17 bits per heavy atom. The molecule has 0 saturated heterocycles. The van der Waals surface area contributed by atoms with E-state index in [9.17, 15) is 0 Å². The third-order valence-electron chi connectivity index (χ3n) is 5.73. The molecule has 0 aromatic carbocycles. The fourth-order valence-electron chi connectivity index (χ4n) is 5.10. The number of allylic oxidation sites excluding steroid dienone is 1. The van der Waals surface area contributed by atoms with Crippen LogP contribution in [-0.4, -0.2) is 5.25 Å². The van der Waals surface area contributed by atoms with Crippen molar-refractivity contribution in [1.82, 2.24) is 0 Å². The minimum absolute atomic E-state index is 0.788. The van der Waals surface area contributed by atoms with Gasteiger partial charge in [-0.3, -0.25) is 0 Å². The lowest BCUT2D eigenvalue weighted by Crippen LogP contribution is -2.47. The second-order valence-electron chi connectivity index (χ2n) is 6.73. The van der Waals surface area contributed by atoms with Gasteiger partial charge in [0.05, 0.1) is 0 Å². The van der Waals surface area contributed by atoms with Gasteiger partial charge in [-0.25, -0.2) is 0 Å². The Kier molecular flexibility index (Phi) is 4.21. The second-order valence-corrected chi connectivity index (χ2v) is 8.21. The molecule has 3 rings (SSSR count). The Labute approximate surface area is 118 Å². The maximum atomic E-state index is 4.10. The van der Waals surface area contributed by atoms with Gasteiger partial charge in [0.2, 0.25) is 0 Å². The van der Waals surface area contributed by atoms with Crippen LogP contribution in [0.3, 0.4) is 0 Å². The average molecular weight is 266 g/mol. The van der Waals surface area contributed by atoms with E-state index >= 15 is 0 Å². The molecule has 0 radical (unpaired) electrons. The molecule has 1 heteroatoms. The highest BCUT2D eigenvalue weighted by Crippen LogP contribution is 2.70. The molecule has 3 aliphatic carbocycles. The first-order valence-electron chi connectivity index (χ1n) is 7.85. The number of fused-ring (bicyclic) bond motifs is 1. The molecule has 0 aliphatic heterocycles. The Morgan fingerprint density at radius 3 is 2.39 bits per heavy atom. The zero-order valence-electron chi connectivity index (χ0n) is 12.8. The van der Waals surface area contributed by atoms with Gasteiger partial charge in [-0.05, 0) is 66.6 Å². The van der Waals surface area contributed by atoms with Crippen LogP contribution in [0.4, 0.5) is 0 Å². The van der Waals surface area contributed by atoms with Crippen LogP contribution < -0.4 is 0 Å². The number of rotatable bonds is 2. The lowest BCUT2D eigenvalue weighted by atomic mass is 9.51. The highest BCUT2D eigenvalue weighted by Gasteiger charge is 2.62. The fraction of sp³-hybridized carbons (Fsp3) is 0.882. The molecule has 3 aliphatic rings. The van der Waals surface area contributed by atoms with Crippen molar-refractivity contribution in [3.8, 4) is 0 Å². The molecular formula is C17H30S. The molecule has 6 unspecified atom stereocenters. The predicted octanol–water partition coefficient (Wildman–Crippen LogP) is 5.74. The fourth-order valence-corrected chi connectivity index (χ4v) is 6.29. The van der Waals surface area contributed by atoms with Crippen molar-refractivity contribution in [1.29, 1.82) is 0 Å². The van der Waals surface area contributed by atoms with E-state index in [-0.39, 0.29) is 0 Å². The highest BCUT2D eigenvalue weighted by atomic mass is 32.2. The van der Waals surface area contributed by atoms with Crippen molar-refractivity contribution in [2.24, 2.45) is 29.1 Å². The van der Waals surface area contributed by atoms with Gasteiger partial charge in [0.25, 0.3) is 0 Å². The van der Waals surface area contributed by atoms with Gasteiger partial charge in [0, 0.05) is 5.25 Å². The molecule has 6 atom stereocenters. The van der Waals surface area contributed by atoms with Crippen LogP contribution in [0, 0.1) is 29.1 Å². The summed E-state index contributed by atoms with van der Waals surface area (Å²) in [6, 6.07) is 0. The third-order valence-corrected chi connectivity index (χ3v) is 7.25. The number of thioether (sulfide) groups is 1. The molecule has 18 heavy (non-hydrogen) atoms. The quantitative estimate of drug-likeness (QED) is 0.614. The van der Waals surface area contributed by atoms with E-state index in [0.29, 0.717) is 0 Å². The standard InChI is InChI=1S/C15H24S.C2H6/c1-9(2)16-14-10(3)7-15-8-12(14)6-13(15)5-11(15)4;1-2/h10-14H,1,5-8H2,2-4H3;1-2H3. The van der Waals surface area contributed by atoms with Crippen molar-refractivity contribution in [3.05, 3.63) is 11.5 Å². The summed E-state index contributed by atoms with van der Waals surface area (Å²) in [4.78, 5) is 1.32. The zero-order valence-corrected chi connectivity index (χ0v) is 13.6. The minimum Gasteiger partial charge on any atom is -0.128 e. The molecule has 0 nitrogen and oxygen atoms in total. The summed E-state index contributed by atoms with van der Waals surface area (Å²) in [5, 5.41) is 0.876. The van der Waals surface area contributed by atoms with Gasteiger partial charge in [-0.1, -0.05) is 34.3 Å². The molecule has 0 amide bonds. The molecular weight excluding hydrogens is 236 g/mol. The summed E-state index contributed by atoms with van der Waals surface area (Å²) in [6.45, 7) is 15.3. The lowest BCUT2D eigenvalue weighted by Gasteiger charge is -2.55. The Hall–Kier alpha value is 0.0900. The zero-order chi connectivity index (χ0) is 13.5. The first-order chi connectivity index (χ1) is 8.53. The van der Waals surface area contributed by atoms with Crippen molar-refractivity contribution in [3.63, 3.8) is 0 Å². The minimum atomic E-state index is 0.788. The molecule has 0 aromatic rings. The van der Waals surface area contributed by atoms with Crippen LogP contribution in [0.15, 0.2) is 11.5 Å². The van der Waals surface area contributed by atoms with Gasteiger partial charge in [0.15, 0.2) is 0 Å². The molecule has 104 valence electrons. The summed E-state index contributed by atoms with van der Waals surface area (Å²) in [5.74, 6) is 4.01. The van der Waals surface area contributed by atoms with E-state index in [4.69, 9.17) is 0 Å². The Morgan fingerprint density at radius 2 is 1.83 bits per heavy atom. The molecule has 2 bridgehead atoms. The van der Waals surface area contributed by atoms with Crippen molar-refractivity contribution in [2.45, 2.75) is 65.6 Å². The topological polar surface area (TPSA) is 0 Å². The normalized spacial score (nSPS) is 48.6. The maximum absolute atomic E-state index is 4.10. The molecule has 3 saturated carbocycles. The van der Waals surface area contributed by atoms with E-state index in [1.54, 1.807) is 0 Å². The Balaban J connectivity index is 0.000000574. The van der Waals surface area contributed by atoms with Crippen molar-refractivity contribution < 1.29 is 0 Å². The van der Waals surface area contributed by atoms with Crippen LogP contribution in [0.5, 0.6) is 0 Å². The van der Waals surface area contributed by atoms with Crippen LogP contribution in [0.1, 0.15) is 60.3 Å². The first-order valence-corrected chi connectivity index (χ1v) is 8.73. The first kappa shape index (κ1) is 14.5. The number of hydrogen-bond acceptors (Lipinski definition) is 1.